The number of benzene rings is 1. The van der Waals surface area contributed by atoms with Gasteiger partial charge in [0.15, 0.2) is 0 Å². The Morgan fingerprint density at radius 3 is 2.95 bits per heavy atom. The van der Waals surface area contributed by atoms with E-state index in [9.17, 15) is 4.79 Å². The van der Waals surface area contributed by atoms with E-state index < -0.39 is 0 Å². The highest BCUT2D eigenvalue weighted by atomic mass is 35.5. The van der Waals surface area contributed by atoms with Gasteiger partial charge in [0.2, 0.25) is 11.8 Å². The lowest BCUT2D eigenvalue weighted by Gasteiger charge is -2.08. The summed E-state index contributed by atoms with van der Waals surface area (Å²) in [6.07, 6.45) is 1.52. The first kappa shape index (κ1) is 13.7. The number of halogens is 1. The number of nitrogens with one attached hydrogen (secondary N) is 2. The summed E-state index contributed by atoms with van der Waals surface area (Å²) in [5, 5.41) is 2.63. The van der Waals surface area contributed by atoms with Crippen LogP contribution in [0.5, 0.6) is 0 Å². The molecule has 0 bridgehead atoms. The second-order valence-corrected chi connectivity index (χ2v) is 4.27. The maximum absolute atomic E-state index is 11.0. The van der Waals surface area contributed by atoms with Gasteiger partial charge in [-0.05, 0) is 5.56 Å². The summed E-state index contributed by atoms with van der Waals surface area (Å²) in [5.74, 6) is 0.271. The fraction of sp³-hybridized carbons (Fsp3) is 0.308. The van der Waals surface area contributed by atoms with Crippen molar-refractivity contribution in [2.75, 3.05) is 12.4 Å². The second-order valence-electron chi connectivity index (χ2n) is 4.00. The SMILES string of the molecule is O=C(CCl)NCC1C=C(OCc2ccccc2)NO1. The molecule has 0 aliphatic carbocycles. The molecule has 6 heteroatoms. The molecule has 1 atom stereocenters. The summed E-state index contributed by atoms with van der Waals surface area (Å²) < 4.78 is 5.54. The Morgan fingerprint density at radius 2 is 2.21 bits per heavy atom. The maximum Gasteiger partial charge on any atom is 0.235 e. The van der Waals surface area contributed by atoms with Gasteiger partial charge in [0.25, 0.3) is 0 Å². The van der Waals surface area contributed by atoms with Gasteiger partial charge in [-0.2, -0.15) is 0 Å². The summed E-state index contributed by atoms with van der Waals surface area (Å²) in [5.41, 5.74) is 3.75. The molecule has 1 aromatic rings. The normalized spacial score (nSPS) is 17.5. The molecule has 102 valence electrons. The first-order valence-corrected chi connectivity index (χ1v) is 6.44. The highest BCUT2D eigenvalue weighted by Crippen LogP contribution is 2.10. The van der Waals surface area contributed by atoms with E-state index in [0.717, 1.165) is 5.56 Å². The highest BCUT2D eigenvalue weighted by Gasteiger charge is 2.17. The van der Waals surface area contributed by atoms with Gasteiger partial charge in [0.05, 0.1) is 6.54 Å². The van der Waals surface area contributed by atoms with Crippen LogP contribution in [0.3, 0.4) is 0 Å². The molecular formula is C13H15ClN2O3. The first-order valence-electron chi connectivity index (χ1n) is 5.91. The lowest BCUT2D eigenvalue weighted by Crippen LogP contribution is -2.33. The van der Waals surface area contributed by atoms with E-state index in [1.165, 1.54) is 0 Å². The Morgan fingerprint density at radius 1 is 1.42 bits per heavy atom. The van der Waals surface area contributed by atoms with Crippen LogP contribution in [0.2, 0.25) is 0 Å². The third kappa shape index (κ3) is 4.46. The summed E-state index contributed by atoms with van der Waals surface area (Å²) >= 11 is 5.38. The molecular weight excluding hydrogens is 268 g/mol. The van der Waals surface area contributed by atoms with Gasteiger partial charge in [-0.1, -0.05) is 30.3 Å². The topological polar surface area (TPSA) is 59.6 Å². The molecule has 0 spiro atoms. The molecule has 2 N–H and O–H groups in total. The standard InChI is InChI=1S/C13H15ClN2O3/c14-7-12(17)15-8-11-6-13(16-19-11)18-9-10-4-2-1-3-5-10/h1-6,11,16H,7-9H2,(H,15,17). The van der Waals surface area contributed by atoms with E-state index in [2.05, 4.69) is 10.8 Å². The van der Waals surface area contributed by atoms with Crippen molar-refractivity contribution < 1.29 is 14.4 Å². The average molecular weight is 283 g/mol. The molecule has 1 aliphatic rings. The maximum atomic E-state index is 11.0. The van der Waals surface area contributed by atoms with E-state index in [1.807, 2.05) is 30.3 Å². The number of hydrogen-bond acceptors (Lipinski definition) is 4. The fourth-order valence-corrected chi connectivity index (χ4v) is 1.64. The molecule has 0 saturated carbocycles. The molecule has 19 heavy (non-hydrogen) atoms. The molecule has 0 fully saturated rings. The number of carbonyl (C=O) groups excluding carboxylic acids is 1. The van der Waals surface area contributed by atoms with Crippen LogP contribution in [-0.2, 0) is 21.0 Å². The van der Waals surface area contributed by atoms with Crippen LogP contribution in [0.4, 0.5) is 0 Å². The van der Waals surface area contributed by atoms with Gasteiger partial charge in [-0.15, -0.1) is 11.6 Å². The molecule has 0 saturated heterocycles. The van der Waals surface area contributed by atoms with Crippen molar-refractivity contribution in [2.45, 2.75) is 12.7 Å². The number of amides is 1. The monoisotopic (exact) mass is 282 g/mol. The van der Waals surface area contributed by atoms with Gasteiger partial charge >= 0.3 is 0 Å². The van der Waals surface area contributed by atoms with E-state index in [-0.39, 0.29) is 17.9 Å². The van der Waals surface area contributed by atoms with Crippen molar-refractivity contribution in [3.05, 3.63) is 47.9 Å². The minimum absolute atomic E-state index is 0.0543. The van der Waals surface area contributed by atoms with Crippen LogP contribution in [0.1, 0.15) is 5.56 Å². The Kier molecular flexibility index (Phi) is 5.06. The Balaban J connectivity index is 1.75. The average Bonchev–Trinajstić information content (AvgIpc) is 2.91. The summed E-state index contributed by atoms with van der Waals surface area (Å²) in [6, 6.07) is 9.82. The van der Waals surface area contributed by atoms with E-state index in [1.54, 1.807) is 6.08 Å². The molecule has 0 radical (unpaired) electrons. The van der Waals surface area contributed by atoms with Crippen LogP contribution < -0.4 is 10.8 Å². The molecule has 2 rings (SSSR count). The minimum Gasteiger partial charge on any atom is -0.473 e. The van der Waals surface area contributed by atoms with E-state index in [0.29, 0.717) is 19.0 Å². The Bertz CT molecular complexity index is 450. The third-order valence-electron chi connectivity index (χ3n) is 2.51. The predicted molar refractivity (Wildman–Crippen MR) is 71.1 cm³/mol. The fourth-order valence-electron chi connectivity index (χ4n) is 1.55. The van der Waals surface area contributed by atoms with Crippen molar-refractivity contribution in [1.29, 1.82) is 0 Å². The summed E-state index contributed by atoms with van der Waals surface area (Å²) in [4.78, 5) is 16.2. The lowest BCUT2D eigenvalue weighted by molar-refractivity contribution is -0.119. The summed E-state index contributed by atoms with van der Waals surface area (Å²) in [7, 11) is 0. The molecule has 5 nitrogen and oxygen atoms in total. The zero-order valence-electron chi connectivity index (χ0n) is 10.3. The van der Waals surface area contributed by atoms with Crippen LogP contribution in [0.25, 0.3) is 0 Å². The molecule has 0 aromatic heterocycles. The Labute approximate surface area is 116 Å². The number of carbonyl (C=O) groups is 1. The molecule has 1 aromatic carbocycles. The van der Waals surface area contributed by atoms with Crippen molar-refractivity contribution in [3.8, 4) is 0 Å². The smallest absolute Gasteiger partial charge is 0.235 e. The van der Waals surface area contributed by atoms with Crippen LogP contribution in [-0.4, -0.2) is 24.4 Å². The van der Waals surface area contributed by atoms with Crippen molar-refractivity contribution in [1.82, 2.24) is 10.8 Å². The quantitative estimate of drug-likeness (QED) is 0.772. The summed E-state index contributed by atoms with van der Waals surface area (Å²) in [6.45, 7) is 0.820. The van der Waals surface area contributed by atoms with Gasteiger partial charge in [-0.3, -0.25) is 9.63 Å². The van der Waals surface area contributed by atoms with Crippen molar-refractivity contribution in [2.24, 2.45) is 0 Å². The number of alkyl halides is 1. The highest BCUT2D eigenvalue weighted by molar-refractivity contribution is 6.27. The number of hydroxylamine groups is 1. The number of hydrogen-bond donors (Lipinski definition) is 2. The predicted octanol–water partition coefficient (Wildman–Crippen LogP) is 1.30. The van der Waals surface area contributed by atoms with Gasteiger partial charge < -0.3 is 10.1 Å². The first-order chi connectivity index (χ1) is 9.28. The lowest BCUT2D eigenvalue weighted by atomic mass is 10.2. The van der Waals surface area contributed by atoms with Crippen molar-refractivity contribution >= 4 is 17.5 Å². The largest absolute Gasteiger partial charge is 0.473 e. The third-order valence-corrected chi connectivity index (χ3v) is 2.75. The second kappa shape index (κ2) is 7.01. The zero-order chi connectivity index (χ0) is 13.5. The molecule has 1 heterocycles. The van der Waals surface area contributed by atoms with Gasteiger partial charge in [0, 0.05) is 6.08 Å². The van der Waals surface area contributed by atoms with Crippen LogP contribution in [0, 0.1) is 0 Å². The Hall–Kier alpha value is -1.72. The van der Waals surface area contributed by atoms with E-state index >= 15 is 0 Å². The minimum atomic E-state index is -0.252. The molecule has 1 unspecified atom stereocenters. The van der Waals surface area contributed by atoms with Crippen LogP contribution >= 0.6 is 11.6 Å². The van der Waals surface area contributed by atoms with Gasteiger partial charge in [-0.25, -0.2) is 5.48 Å². The zero-order valence-corrected chi connectivity index (χ0v) is 11.0. The van der Waals surface area contributed by atoms with E-state index in [4.69, 9.17) is 21.2 Å². The number of rotatable bonds is 6. The molecule has 1 amide bonds. The van der Waals surface area contributed by atoms with Crippen molar-refractivity contribution in [3.63, 3.8) is 0 Å². The van der Waals surface area contributed by atoms with Gasteiger partial charge in [0.1, 0.15) is 18.6 Å². The number of ether oxygens (including phenoxy) is 1. The van der Waals surface area contributed by atoms with Crippen LogP contribution in [0.15, 0.2) is 42.3 Å². The molecule has 1 aliphatic heterocycles.